The predicted molar refractivity (Wildman–Crippen MR) is 80.1 cm³/mol. The van der Waals surface area contributed by atoms with Crippen LogP contribution in [0.2, 0.25) is 5.02 Å². The number of non-ortho nitro benzene ring substituents is 1. The van der Waals surface area contributed by atoms with E-state index < -0.39 is 4.92 Å². The lowest BCUT2D eigenvalue weighted by atomic mass is 10.2. The van der Waals surface area contributed by atoms with Gasteiger partial charge in [-0.2, -0.15) is 0 Å². The standard InChI is InChI=1S/C14H13ClN2O4/c1-21-13-6-5-10(17(19)20)7-12(13)16-8-9-3-2-4-11(15)14(9)18/h2-7,16,18H,8H2,1H3. The lowest BCUT2D eigenvalue weighted by molar-refractivity contribution is -0.384. The number of hydrogen-bond donors (Lipinski definition) is 2. The first-order chi connectivity index (χ1) is 10.0. The van der Waals surface area contributed by atoms with Crippen molar-refractivity contribution in [3.63, 3.8) is 0 Å². The monoisotopic (exact) mass is 308 g/mol. The number of halogens is 1. The summed E-state index contributed by atoms with van der Waals surface area (Å²) in [6.07, 6.45) is 0. The van der Waals surface area contributed by atoms with Crippen molar-refractivity contribution in [2.75, 3.05) is 12.4 Å². The van der Waals surface area contributed by atoms with Crippen LogP contribution in [0.4, 0.5) is 11.4 Å². The Morgan fingerprint density at radius 2 is 2.14 bits per heavy atom. The van der Waals surface area contributed by atoms with Crippen molar-refractivity contribution in [2.45, 2.75) is 6.54 Å². The third-order valence-electron chi connectivity index (χ3n) is 2.93. The lowest BCUT2D eigenvalue weighted by Gasteiger charge is -2.12. The molecule has 0 radical (unpaired) electrons. The molecule has 6 nitrogen and oxygen atoms in total. The Hall–Kier alpha value is -2.47. The van der Waals surface area contributed by atoms with Crippen LogP contribution in [0.3, 0.4) is 0 Å². The number of aromatic hydroxyl groups is 1. The Kier molecular flexibility index (Phi) is 4.49. The molecule has 0 unspecified atom stereocenters. The maximum absolute atomic E-state index is 10.8. The van der Waals surface area contributed by atoms with Crippen LogP contribution in [0.1, 0.15) is 5.56 Å². The first-order valence-electron chi connectivity index (χ1n) is 6.05. The van der Waals surface area contributed by atoms with Gasteiger partial charge in [0.1, 0.15) is 11.5 Å². The number of phenolic OH excluding ortho intramolecular Hbond substituents is 1. The average Bonchev–Trinajstić information content (AvgIpc) is 2.48. The van der Waals surface area contributed by atoms with Crippen molar-refractivity contribution in [3.05, 3.63) is 57.1 Å². The van der Waals surface area contributed by atoms with E-state index in [0.717, 1.165) is 0 Å². The Morgan fingerprint density at radius 3 is 2.81 bits per heavy atom. The largest absolute Gasteiger partial charge is 0.506 e. The minimum Gasteiger partial charge on any atom is -0.506 e. The fourth-order valence-corrected chi connectivity index (χ4v) is 2.03. The Morgan fingerprint density at radius 1 is 1.38 bits per heavy atom. The van der Waals surface area contributed by atoms with Gasteiger partial charge in [-0.1, -0.05) is 23.7 Å². The zero-order valence-electron chi connectivity index (χ0n) is 11.2. The van der Waals surface area contributed by atoms with Gasteiger partial charge in [-0.05, 0) is 12.1 Å². The van der Waals surface area contributed by atoms with Crippen LogP contribution in [-0.4, -0.2) is 17.1 Å². The number of ether oxygens (including phenoxy) is 1. The van der Waals surface area contributed by atoms with Gasteiger partial charge in [0.2, 0.25) is 0 Å². The fourth-order valence-electron chi connectivity index (χ4n) is 1.84. The molecule has 0 saturated heterocycles. The van der Waals surface area contributed by atoms with Gasteiger partial charge in [-0.25, -0.2) is 0 Å². The molecule has 0 spiro atoms. The maximum Gasteiger partial charge on any atom is 0.271 e. The highest BCUT2D eigenvalue weighted by atomic mass is 35.5. The number of para-hydroxylation sites is 1. The van der Waals surface area contributed by atoms with Crippen LogP contribution in [0.5, 0.6) is 11.5 Å². The van der Waals surface area contributed by atoms with E-state index in [9.17, 15) is 15.2 Å². The molecule has 110 valence electrons. The first kappa shape index (κ1) is 14.9. The molecule has 2 aromatic rings. The average molecular weight is 309 g/mol. The zero-order valence-corrected chi connectivity index (χ0v) is 11.9. The molecule has 0 aromatic heterocycles. The molecule has 21 heavy (non-hydrogen) atoms. The summed E-state index contributed by atoms with van der Waals surface area (Å²) in [4.78, 5) is 10.3. The molecule has 0 heterocycles. The molecule has 2 rings (SSSR count). The number of benzene rings is 2. The Balaban J connectivity index is 2.24. The van der Waals surface area contributed by atoms with E-state index in [1.54, 1.807) is 18.2 Å². The van der Waals surface area contributed by atoms with Crippen molar-refractivity contribution in [3.8, 4) is 11.5 Å². The molecule has 0 aliphatic rings. The summed E-state index contributed by atoms with van der Waals surface area (Å²) in [6, 6.07) is 9.25. The number of hydrogen-bond acceptors (Lipinski definition) is 5. The van der Waals surface area contributed by atoms with Crippen molar-refractivity contribution in [1.29, 1.82) is 0 Å². The smallest absolute Gasteiger partial charge is 0.271 e. The highest BCUT2D eigenvalue weighted by Gasteiger charge is 2.12. The summed E-state index contributed by atoms with van der Waals surface area (Å²) in [5.74, 6) is 0.457. The minimum absolute atomic E-state index is 0.0175. The van der Waals surface area contributed by atoms with E-state index in [4.69, 9.17) is 16.3 Å². The van der Waals surface area contributed by atoms with Gasteiger partial charge < -0.3 is 15.2 Å². The van der Waals surface area contributed by atoms with E-state index in [1.165, 1.54) is 25.3 Å². The predicted octanol–water partition coefficient (Wildman–Crippen LogP) is 3.57. The number of rotatable bonds is 5. The summed E-state index contributed by atoms with van der Waals surface area (Å²) in [6.45, 7) is 0.254. The molecule has 0 fully saturated rings. The van der Waals surface area contributed by atoms with Crippen LogP contribution in [0, 0.1) is 10.1 Å². The second kappa shape index (κ2) is 6.32. The Labute approximate surface area is 126 Å². The number of nitrogens with one attached hydrogen (secondary N) is 1. The quantitative estimate of drug-likeness (QED) is 0.651. The van der Waals surface area contributed by atoms with Crippen LogP contribution >= 0.6 is 11.6 Å². The van der Waals surface area contributed by atoms with Crippen molar-refractivity contribution < 1.29 is 14.8 Å². The van der Waals surface area contributed by atoms with E-state index in [2.05, 4.69) is 5.32 Å². The normalized spacial score (nSPS) is 10.2. The number of nitro benzene ring substituents is 1. The van der Waals surface area contributed by atoms with Gasteiger partial charge in [-0.3, -0.25) is 10.1 Å². The Bertz CT molecular complexity index is 676. The van der Waals surface area contributed by atoms with Gasteiger partial charge in [0, 0.05) is 24.2 Å². The third kappa shape index (κ3) is 3.35. The highest BCUT2D eigenvalue weighted by molar-refractivity contribution is 6.32. The summed E-state index contributed by atoms with van der Waals surface area (Å²) in [5.41, 5.74) is 0.996. The van der Waals surface area contributed by atoms with Crippen LogP contribution in [0.25, 0.3) is 0 Å². The lowest BCUT2D eigenvalue weighted by Crippen LogP contribution is -2.02. The SMILES string of the molecule is COc1ccc([N+](=O)[O-])cc1NCc1cccc(Cl)c1O. The van der Waals surface area contributed by atoms with Gasteiger partial charge in [0.25, 0.3) is 5.69 Å². The van der Waals surface area contributed by atoms with Crippen molar-refractivity contribution in [2.24, 2.45) is 0 Å². The third-order valence-corrected chi connectivity index (χ3v) is 3.24. The van der Waals surface area contributed by atoms with Gasteiger partial charge in [0.05, 0.1) is 22.7 Å². The molecule has 2 N–H and O–H groups in total. The molecule has 0 atom stereocenters. The zero-order chi connectivity index (χ0) is 15.4. The summed E-state index contributed by atoms with van der Waals surface area (Å²) < 4.78 is 5.15. The second-order valence-corrected chi connectivity index (χ2v) is 4.65. The number of nitro groups is 1. The molecular formula is C14H13ClN2O4. The van der Waals surface area contributed by atoms with Gasteiger partial charge in [0.15, 0.2) is 0 Å². The first-order valence-corrected chi connectivity index (χ1v) is 6.43. The number of anilines is 1. The molecular weight excluding hydrogens is 296 g/mol. The van der Waals surface area contributed by atoms with E-state index in [1.807, 2.05) is 0 Å². The molecule has 0 aliphatic carbocycles. The van der Waals surface area contributed by atoms with Crippen LogP contribution in [0.15, 0.2) is 36.4 Å². The van der Waals surface area contributed by atoms with E-state index in [0.29, 0.717) is 17.0 Å². The molecule has 0 aliphatic heterocycles. The van der Waals surface area contributed by atoms with Gasteiger partial charge >= 0.3 is 0 Å². The maximum atomic E-state index is 10.8. The van der Waals surface area contributed by atoms with Crippen molar-refractivity contribution in [1.82, 2.24) is 0 Å². The second-order valence-electron chi connectivity index (χ2n) is 4.24. The topological polar surface area (TPSA) is 84.6 Å². The number of nitrogens with zero attached hydrogens (tertiary/aromatic N) is 1. The van der Waals surface area contributed by atoms with Crippen molar-refractivity contribution >= 4 is 23.0 Å². The molecule has 0 saturated carbocycles. The summed E-state index contributed by atoms with van der Waals surface area (Å²) in [7, 11) is 1.48. The summed E-state index contributed by atoms with van der Waals surface area (Å²) >= 11 is 5.83. The fraction of sp³-hybridized carbons (Fsp3) is 0.143. The molecule has 7 heteroatoms. The van der Waals surface area contributed by atoms with E-state index in [-0.39, 0.29) is 23.0 Å². The summed E-state index contributed by atoms with van der Waals surface area (Å²) in [5, 5.41) is 23.9. The number of phenols is 1. The minimum atomic E-state index is -0.485. The highest BCUT2D eigenvalue weighted by Crippen LogP contribution is 2.31. The van der Waals surface area contributed by atoms with Crippen LogP contribution in [-0.2, 0) is 6.54 Å². The van der Waals surface area contributed by atoms with Crippen LogP contribution < -0.4 is 10.1 Å². The molecule has 2 aromatic carbocycles. The van der Waals surface area contributed by atoms with E-state index >= 15 is 0 Å². The molecule has 0 amide bonds. The van der Waals surface area contributed by atoms with Gasteiger partial charge in [-0.15, -0.1) is 0 Å². The molecule has 0 bridgehead atoms. The number of methoxy groups -OCH3 is 1.